The summed E-state index contributed by atoms with van der Waals surface area (Å²) in [6.45, 7) is 5.95. The number of nitrogens with zero attached hydrogens (tertiary/aromatic N) is 4. The molecule has 1 saturated heterocycles. The lowest BCUT2D eigenvalue weighted by Gasteiger charge is -2.21. The second-order valence-corrected chi connectivity index (χ2v) is 8.03. The summed E-state index contributed by atoms with van der Waals surface area (Å²) in [7, 11) is 1.64. The van der Waals surface area contributed by atoms with E-state index in [-0.39, 0.29) is 11.6 Å². The maximum Gasteiger partial charge on any atom is 0.262 e. The van der Waals surface area contributed by atoms with E-state index in [1.165, 1.54) is 0 Å². The third-order valence-corrected chi connectivity index (χ3v) is 6.06. The van der Waals surface area contributed by atoms with E-state index >= 15 is 0 Å². The van der Waals surface area contributed by atoms with Gasteiger partial charge in [-0.1, -0.05) is 55.1 Å². The zero-order valence-corrected chi connectivity index (χ0v) is 18.0. The highest BCUT2D eigenvalue weighted by Crippen LogP contribution is 2.29. The first-order valence-corrected chi connectivity index (χ1v) is 10.7. The molecular weight excluding hydrogens is 402 g/mol. The van der Waals surface area contributed by atoms with Crippen LogP contribution in [-0.2, 0) is 6.42 Å². The number of H-pyrrole nitrogens is 1. The minimum Gasteiger partial charge on any atom is -0.496 e. The molecule has 162 valence electrons. The molecule has 0 aliphatic carbocycles. The van der Waals surface area contributed by atoms with Crippen LogP contribution in [0.3, 0.4) is 0 Å². The number of likely N-dealkylation sites (tertiary alicyclic amines) is 1. The van der Waals surface area contributed by atoms with Crippen LogP contribution in [-0.4, -0.2) is 44.8 Å². The van der Waals surface area contributed by atoms with Crippen molar-refractivity contribution in [2.45, 2.75) is 18.9 Å². The maximum atomic E-state index is 12.7. The van der Waals surface area contributed by atoms with Crippen LogP contribution in [0.25, 0.3) is 16.7 Å². The van der Waals surface area contributed by atoms with Gasteiger partial charge in [-0.05, 0) is 18.1 Å². The van der Waals surface area contributed by atoms with Crippen molar-refractivity contribution in [3.63, 3.8) is 0 Å². The lowest BCUT2D eigenvalue weighted by atomic mass is 10.1. The van der Waals surface area contributed by atoms with E-state index in [2.05, 4.69) is 33.7 Å². The third-order valence-electron chi connectivity index (χ3n) is 6.06. The lowest BCUT2D eigenvalue weighted by molar-refractivity contribution is 0.410. The van der Waals surface area contributed by atoms with Gasteiger partial charge in [0.1, 0.15) is 17.0 Å². The standard InChI is InChI=1S/C25H25N5O2/c1-17(18-8-4-3-5-9-18)29-13-12-20(16-29)30-24-21(15-26-30)25(31)28-23(27-24)14-19-10-6-7-11-22(19)32-2/h3-11,15,20H,1,12-14,16H2,2H3,(H,27,28,31). The molecule has 2 aromatic heterocycles. The summed E-state index contributed by atoms with van der Waals surface area (Å²) in [6, 6.07) is 18.1. The van der Waals surface area contributed by atoms with Gasteiger partial charge in [-0.15, -0.1) is 0 Å². The van der Waals surface area contributed by atoms with Crippen molar-refractivity contribution in [3.05, 3.63) is 94.7 Å². The number of nitrogens with one attached hydrogen (secondary N) is 1. The van der Waals surface area contributed by atoms with Gasteiger partial charge in [0.25, 0.3) is 5.56 Å². The van der Waals surface area contributed by atoms with Crippen LogP contribution in [0.15, 0.2) is 72.2 Å². The Balaban J connectivity index is 1.43. The Hall–Kier alpha value is -3.87. The first-order chi connectivity index (χ1) is 15.6. The van der Waals surface area contributed by atoms with Crippen LogP contribution >= 0.6 is 0 Å². The molecule has 7 nitrogen and oxygen atoms in total. The van der Waals surface area contributed by atoms with E-state index in [4.69, 9.17) is 9.72 Å². The van der Waals surface area contributed by atoms with Crippen LogP contribution < -0.4 is 10.3 Å². The topological polar surface area (TPSA) is 76.0 Å². The molecule has 1 N–H and O–H groups in total. The number of hydrogen-bond acceptors (Lipinski definition) is 5. The molecule has 1 aliphatic heterocycles. The number of ether oxygens (including phenoxy) is 1. The number of rotatable bonds is 6. The number of para-hydroxylation sites is 1. The van der Waals surface area contributed by atoms with E-state index in [9.17, 15) is 4.79 Å². The van der Waals surface area contributed by atoms with Gasteiger partial charge in [0.2, 0.25) is 0 Å². The fourth-order valence-corrected chi connectivity index (χ4v) is 4.36. The highest BCUT2D eigenvalue weighted by Gasteiger charge is 2.28. The Morgan fingerprint density at radius 1 is 1.19 bits per heavy atom. The van der Waals surface area contributed by atoms with E-state index in [0.717, 1.165) is 42.1 Å². The highest BCUT2D eigenvalue weighted by atomic mass is 16.5. The molecule has 0 saturated carbocycles. The van der Waals surface area contributed by atoms with Gasteiger partial charge in [-0.3, -0.25) is 4.79 Å². The van der Waals surface area contributed by atoms with Gasteiger partial charge in [0.05, 0.1) is 19.3 Å². The summed E-state index contributed by atoms with van der Waals surface area (Å²) < 4.78 is 7.34. The summed E-state index contributed by atoms with van der Waals surface area (Å²) in [5.41, 5.74) is 3.54. The Morgan fingerprint density at radius 3 is 2.78 bits per heavy atom. The summed E-state index contributed by atoms with van der Waals surface area (Å²) in [5, 5.41) is 5.05. The minimum atomic E-state index is -0.172. The van der Waals surface area contributed by atoms with Crippen molar-refractivity contribution < 1.29 is 4.74 Å². The van der Waals surface area contributed by atoms with Crippen LogP contribution in [0.5, 0.6) is 5.75 Å². The van der Waals surface area contributed by atoms with Crippen LogP contribution in [0.1, 0.15) is 29.4 Å². The molecule has 1 atom stereocenters. The van der Waals surface area contributed by atoms with Crippen molar-refractivity contribution in [2.24, 2.45) is 0 Å². The quantitative estimate of drug-likeness (QED) is 0.509. The molecule has 0 radical (unpaired) electrons. The molecule has 1 aliphatic rings. The molecule has 3 heterocycles. The first-order valence-electron chi connectivity index (χ1n) is 10.7. The SMILES string of the molecule is C=C(c1ccccc1)N1CCC(n2ncc3c(=O)[nH]c(Cc4ccccc4OC)nc32)C1. The normalized spacial score (nSPS) is 15.9. The summed E-state index contributed by atoms with van der Waals surface area (Å²) in [6.07, 6.45) is 3.00. The first kappa shape index (κ1) is 20.1. The Morgan fingerprint density at radius 2 is 1.97 bits per heavy atom. The molecule has 0 amide bonds. The maximum absolute atomic E-state index is 12.7. The van der Waals surface area contributed by atoms with Crippen LogP contribution in [0.4, 0.5) is 0 Å². The molecule has 5 rings (SSSR count). The summed E-state index contributed by atoms with van der Waals surface area (Å²) >= 11 is 0. The average Bonchev–Trinajstić information content (AvgIpc) is 3.47. The number of fused-ring (bicyclic) bond motifs is 1. The second-order valence-electron chi connectivity index (χ2n) is 8.03. The molecule has 32 heavy (non-hydrogen) atoms. The molecule has 1 fully saturated rings. The molecule has 0 bridgehead atoms. The van der Waals surface area contributed by atoms with Gasteiger partial charge in [-0.2, -0.15) is 5.10 Å². The monoisotopic (exact) mass is 427 g/mol. The zero-order chi connectivity index (χ0) is 22.1. The van der Waals surface area contributed by atoms with Crippen LogP contribution in [0, 0.1) is 0 Å². The largest absolute Gasteiger partial charge is 0.496 e. The Kier molecular flexibility index (Phi) is 5.23. The van der Waals surface area contributed by atoms with Gasteiger partial charge in [-0.25, -0.2) is 9.67 Å². The minimum absolute atomic E-state index is 0.126. The van der Waals surface area contributed by atoms with E-state index < -0.39 is 0 Å². The Labute approximate surface area is 186 Å². The van der Waals surface area contributed by atoms with Crippen molar-refractivity contribution in [3.8, 4) is 5.75 Å². The number of methoxy groups -OCH3 is 1. The third kappa shape index (κ3) is 3.66. The lowest BCUT2D eigenvalue weighted by Crippen LogP contribution is -2.21. The molecular formula is C25H25N5O2. The molecule has 7 heteroatoms. The van der Waals surface area contributed by atoms with Gasteiger partial charge < -0.3 is 14.6 Å². The Bertz CT molecular complexity index is 1330. The number of aromatic nitrogens is 4. The average molecular weight is 428 g/mol. The molecule has 2 aromatic carbocycles. The number of aromatic amines is 1. The number of hydrogen-bond donors (Lipinski definition) is 1. The smallest absolute Gasteiger partial charge is 0.262 e. The van der Waals surface area contributed by atoms with Crippen molar-refractivity contribution in [2.75, 3.05) is 20.2 Å². The van der Waals surface area contributed by atoms with Crippen LogP contribution in [0.2, 0.25) is 0 Å². The zero-order valence-electron chi connectivity index (χ0n) is 18.0. The van der Waals surface area contributed by atoms with Gasteiger partial charge in [0.15, 0.2) is 5.65 Å². The molecule has 1 unspecified atom stereocenters. The van der Waals surface area contributed by atoms with E-state index in [1.807, 2.05) is 47.1 Å². The predicted octanol–water partition coefficient (Wildman–Crippen LogP) is 3.64. The van der Waals surface area contributed by atoms with Gasteiger partial charge >= 0.3 is 0 Å². The van der Waals surface area contributed by atoms with Gasteiger partial charge in [0, 0.05) is 30.8 Å². The van der Waals surface area contributed by atoms with Crippen molar-refractivity contribution in [1.82, 2.24) is 24.6 Å². The van der Waals surface area contributed by atoms with E-state index in [0.29, 0.717) is 23.3 Å². The second kappa shape index (κ2) is 8.34. The fraction of sp³-hybridized carbons (Fsp3) is 0.240. The van der Waals surface area contributed by atoms with E-state index in [1.54, 1.807) is 13.3 Å². The predicted molar refractivity (Wildman–Crippen MR) is 125 cm³/mol. The molecule has 4 aromatic rings. The van der Waals surface area contributed by atoms with Crippen molar-refractivity contribution >= 4 is 16.7 Å². The summed E-state index contributed by atoms with van der Waals surface area (Å²) in [5.74, 6) is 1.37. The molecule has 0 spiro atoms. The highest BCUT2D eigenvalue weighted by molar-refractivity contribution is 5.73. The van der Waals surface area contributed by atoms with Crippen molar-refractivity contribution in [1.29, 1.82) is 0 Å². The number of benzene rings is 2. The fourth-order valence-electron chi connectivity index (χ4n) is 4.36. The summed E-state index contributed by atoms with van der Waals surface area (Å²) in [4.78, 5) is 22.7.